The molecule has 1 heterocycles. The molecular weight excluding hydrogens is 322 g/mol. The molecule has 3 rings (SSSR count). The summed E-state index contributed by atoms with van der Waals surface area (Å²) in [7, 11) is 1.66. The van der Waals surface area contributed by atoms with Gasteiger partial charge >= 0.3 is 0 Å². The number of aryl methyl sites for hydroxylation is 2. The molecule has 1 aliphatic rings. The first-order chi connectivity index (χ1) is 11.8. The van der Waals surface area contributed by atoms with Crippen LogP contribution in [0.25, 0.3) is 10.4 Å². The molecule has 1 aromatic heterocycles. The standard InChI is InChI=1S/C19H23NO3S/c1-22-11-12-23-10-4-9-20-19(21)17-13-15-8-7-14-5-2-3-6-16(14)18(15)24-17/h2-3,5-6,13H,4,7-12H2,1H3,(H,20,21). The Morgan fingerprint density at radius 3 is 2.88 bits per heavy atom. The fourth-order valence-corrected chi connectivity index (χ4v) is 4.08. The molecule has 0 saturated carbocycles. The fraction of sp³-hybridized carbons (Fsp3) is 0.421. The highest BCUT2D eigenvalue weighted by molar-refractivity contribution is 7.17. The summed E-state index contributed by atoms with van der Waals surface area (Å²) in [5.41, 5.74) is 3.97. The second kappa shape index (κ2) is 8.42. The van der Waals surface area contributed by atoms with Crippen LogP contribution >= 0.6 is 11.3 Å². The van der Waals surface area contributed by atoms with E-state index in [-0.39, 0.29) is 5.91 Å². The Bertz CT molecular complexity index is 696. The van der Waals surface area contributed by atoms with Crippen LogP contribution in [0.15, 0.2) is 30.3 Å². The highest BCUT2D eigenvalue weighted by Crippen LogP contribution is 2.39. The lowest BCUT2D eigenvalue weighted by Crippen LogP contribution is -2.24. The van der Waals surface area contributed by atoms with Gasteiger partial charge < -0.3 is 14.8 Å². The Kier molecular flexibility index (Phi) is 6.01. The van der Waals surface area contributed by atoms with E-state index in [0.29, 0.717) is 26.4 Å². The molecular formula is C19H23NO3S. The number of thiophene rings is 1. The van der Waals surface area contributed by atoms with Crippen LogP contribution in [0.3, 0.4) is 0 Å². The first-order valence-electron chi connectivity index (χ1n) is 8.35. The van der Waals surface area contributed by atoms with Gasteiger partial charge in [-0.05, 0) is 42.0 Å². The summed E-state index contributed by atoms with van der Waals surface area (Å²) in [5.74, 6) is 0.0174. The van der Waals surface area contributed by atoms with Crippen LogP contribution in [-0.2, 0) is 22.3 Å². The molecule has 0 unspecified atom stereocenters. The molecule has 24 heavy (non-hydrogen) atoms. The number of benzene rings is 1. The first kappa shape index (κ1) is 17.1. The minimum Gasteiger partial charge on any atom is -0.382 e. The molecule has 0 saturated heterocycles. The number of amides is 1. The van der Waals surface area contributed by atoms with E-state index in [2.05, 4.69) is 35.6 Å². The van der Waals surface area contributed by atoms with Gasteiger partial charge in [0.1, 0.15) is 0 Å². The lowest BCUT2D eigenvalue weighted by atomic mass is 9.91. The maximum absolute atomic E-state index is 12.3. The average Bonchev–Trinajstić information content (AvgIpc) is 3.05. The van der Waals surface area contributed by atoms with Gasteiger partial charge in [-0.2, -0.15) is 0 Å². The molecule has 0 fully saturated rings. The maximum atomic E-state index is 12.3. The Morgan fingerprint density at radius 2 is 2.00 bits per heavy atom. The SMILES string of the molecule is COCCOCCCNC(=O)c1cc2c(s1)-c1ccccc1CC2. The molecule has 1 N–H and O–H groups in total. The highest BCUT2D eigenvalue weighted by atomic mass is 32.1. The molecule has 0 spiro atoms. The monoisotopic (exact) mass is 345 g/mol. The predicted octanol–water partition coefficient (Wildman–Crippen LogP) is 3.30. The molecule has 0 atom stereocenters. The predicted molar refractivity (Wildman–Crippen MR) is 96.8 cm³/mol. The Hall–Kier alpha value is -1.69. The van der Waals surface area contributed by atoms with E-state index in [1.54, 1.807) is 18.4 Å². The van der Waals surface area contributed by atoms with E-state index in [1.165, 1.54) is 21.6 Å². The van der Waals surface area contributed by atoms with Crippen molar-refractivity contribution in [2.24, 2.45) is 0 Å². The third-order valence-electron chi connectivity index (χ3n) is 4.14. The maximum Gasteiger partial charge on any atom is 0.261 e. The van der Waals surface area contributed by atoms with Crippen molar-refractivity contribution < 1.29 is 14.3 Å². The van der Waals surface area contributed by atoms with Crippen molar-refractivity contribution in [3.8, 4) is 10.4 Å². The van der Waals surface area contributed by atoms with E-state index < -0.39 is 0 Å². The number of carbonyl (C=O) groups excluding carboxylic acids is 1. The molecule has 0 aliphatic heterocycles. The second-order valence-electron chi connectivity index (χ2n) is 5.84. The van der Waals surface area contributed by atoms with Gasteiger partial charge in [-0.15, -0.1) is 11.3 Å². The third kappa shape index (κ3) is 4.04. The normalized spacial score (nSPS) is 12.5. The highest BCUT2D eigenvalue weighted by Gasteiger charge is 2.21. The number of nitrogens with one attached hydrogen (secondary N) is 1. The largest absolute Gasteiger partial charge is 0.382 e. The van der Waals surface area contributed by atoms with Gasteiger partial charge in [-0.25, -0.2) is 0 Å². The van der Waals surface area contributed by atoms with Crippen molar-refractivity contribution in [2.45, 2.75) is 19.3 Å². The second-order valence-corrected chi connectivity index (χ2v) is 6.89. The van der Waals surface area contributed by atoms with Gasteiger partial charge in [0.05, 0.1) is 18.1 Å². The molecule has 2 aromatic rings. The average molecular weight is 345 g/mol. The van der Waals surface area contributed by atoms with Crippen molar-refractivity contribution in [1.29, 1.82) is 0 Å². The van der Waals surface area contributed by atoms with E-state index in [0.717, 1.165) is 24.1 Å². The lowest BCUT2D eigenvalue weighted by Gasteiger charge is -2.15. The fourth-order valence-electron chi connectivity index (χ4n) is 2.89. The molecule has 0 bridgehead atoms. The van der Waals surface area contributed by atoms with Gasteiger partial charge in [0, 0.05) is 25.1 Å². The quantitative estimate of drug-likeness (QED) is 0.747. The topological polar surface area (TPSA) is 47.6 Å². The summed E-state index contributed by atoms with van der Waals surface area (Å²) >= 11 is 1.60. The number of hydrogen-bond acceptors (Lipinski definition) is 4. The van der Waals surface area contributed by atoms with Crippen LogP contribution in [0.4, 0.5) is 0 Å². The smallest absolute Gasteiger partial charge is 0.261 e. The lowest BCUT2D eigenvalue weighted by molar-refractivity contribution is 0.0688. The van der Waals surface area contributed by atoms with Gasteiger partial charge in [-0.3, -0.25) is 4.79 Å². The van der Waals surface area contributed by atoms with Crippen molar-refractivity contribution in [1.82, 2.24) is 5.32 Å². The number of fused-ring (bicyclic) bond motifs is 3. The Morgan fingerprint density at radius 1 is 1.17 bits per heavy atom. The summed E-state index contributed by atoms with van der Waals surface area (Å²) in [6.07, 6.45) is 2.88. The zero-order chi connectivity index (χ0) is 16.8. The number of carbonyl (C=O) groups is 1. The number of methoxy groups -OCH3 is 1. The van der Waals surface area contributed by atoms with Crippen LogP contribution in [0.2, 0.25) is 0 Å². The van der Waals surface area contributed by atoms with Gasteiger partial charge in [0.15, 0.2) is 0 Å². The van der Waals surface area contributed by atoms with Gasteiger partial charge in [0.2, 0.25) is 0 Å². The Balaban J connectivity index is 1.53. The van der Waals surface area contributed by atoms with Crippen LogP contribution in [0.5, 0.6) is 0 Å². The van der Waals surface area contributed by atoms with Crippen molar-refractivity contribution >= 4 is 17.2 Å². The molecule has 1 amide bonds. The third-order valence-corrected chi connectivity index (χ3v) is 5.35. The van der Waals surface area contributed by atoms with Crippen LogP contribution < -0.4 is 5.32 Å². The van der Waals surface area contributed by atoms with E-state index >= 15 is 0 Å². The van der Waals surface area contributed by atoms with Crippen LogP contribution in [0.1, 0.15) is 27.2 Å². The summed E-state index contributed by atoms with van der Waals surface area (Å²) in [6, 6.07) is 10.5. The molecule has 1 aliphatic carbocycles. The molecule has 0 radical (unpaired) electrons. The van der Waals surface area contributed by atoms with Crippen molar-refractivity contribution in [3.63, 3.8) is 0 Å². The number of rotatable bonds is 8. The zero-order valence-electron chi connectivity index (χ0n) is 14.0. The van der Waals surface area contributed by atoms with E-state index in [4.69, 9.17) is 9.47 Å². The van der Waals surface area contributed by atoms with Crippen LogP contribution in [-0.4, -0.2) is 39.4 Å². The molecule has 1 aromatic carbocycles. The van der Waals surface area contributed by atoms with E-state index in [1.807, 2.05) is 0 Å². The Labute approximate surface area is 146 Å². The number of ether oxygens (including phenoxy) is 2. The van der Waals surface area contributed by atoms with Crippen LogP contribution in [0, 0.1) is 0 Å². The minimum atomic E-state index is 0.0174. The van der Waals surface area contributed by atoms with Gasteiger partial charge in [0.25, 0.3) is 5.91 Å². The molecule has 128 valence electrons. The summed E-state index contributed by atoms with van der Waals surface area (Å²) in [5, 5.41) is 2.98. The summed E-state index contributed by atoms with van der Waals surface area (Å²) < 4.78 is 10.3. The first-order valence-corrected chi connectivity index (χ1v) is 9.17. The summed E-state index contributed by atoms with van der Waals surface area (Å²) in [6.45, 7) is 2.47. The molecule has 5 heteroatoms. The van der Waals surface area contributed by atoms with Crippen molar-refractivity contribution in [2.75, 3.05) is 33.5 Å². The van der Waals surface area contributed by atoms with Crippen molar-refractivity contribution in [3.05, 3.63) is 46.3 Å². The van der Waals surface area contributed by atoms with Gasteiger partial charge in [-0.1, -0.05) is 24.3 Å². The van der Waals surface area contributed by atoms with E-state index in [9.17, 15) is 4.79 Å². The molecule has 4 nitrogen and oxygen atoms in total. The zero-order valence-corrected chi connectivity index (χ0v) is 14.8. The summed E-state index contributed by atoms with van der Waals surface area (Å²) in [4.78, 5) is 14.4. The minimum absolute atomic E-state index is 0.0174. The number of hydrogen-bond donors (Lipinski definition) is 1.